The molecule has 29 heavy (non-hydrogen) atoms. The molecule has 0 amide bonds. The predicted molar refractivity (Wildman–Crippen MR) is 122 cm³/mol. The van der Waals surface area contributed by atoms with Crippen molar-refractivity contribution in [2.45, 2.75) is 12.0 Å². The summed E-state index contributed by atoms with van der Waals surface area (Å²) in [5, 5.41) is 3.63. The summed E-state index contributed by atoms with van der Waals surface area (Å²) in [6.45, 7) is 0. The molecule has 1 N–H and O–H groups in total. The first-order valence-electron chi connectivity index (χ1n) is 9.84. The van der Waals surface area contributed by atoms with Crippen LogP contribution < -0.4 is 5.32 Å². The van der Waals surface area contributed by atoms with Crippen molar-refractivity contribution in [3.63, 3.8) is 0 Å². The summed E-state index contributed by atoms with van der Waals surface area (Å²) in [7, 11) is 0. The van der Waals surface area contributed by atoms with E-state index in [1.54, 1.807) is 0 Å². The Morgan fingerprint density at radius 1 is 0.759 bits per heavy atom. The number of hydrogen-bond acceptors (Lipinski definition) is 3. The van der Waals surface area contributed by atoms with Gasteiger partial charge < -0.3 is 5.32 Å². The third-order valence-corrected chi connectivity index (χ3v) is 5.25. The van der Waals surface area contributed by atoms with Crippen molar-refractivity contribution in [2.24, 2.45) is 9.98 Å². The van der Waals surface area contributed by atoms with Crippen LogP contribution in [0.4, 0.5) is 11.4 Å². The molecule has 0 saturated heterocycles. The Hall–Kier alpha value is -3.72. The van der Waals surface area contributed by atoms with Crippen LogP contribution in [0.15, 0.2) is 113 Å². The highest BCUT2D eigenvalue weighted by molar-refractivity contribution is 5.83. The number of fused-ring (bicyclic) bond motifs is 3. The number of rotatable bonds is 4. The van der Waals surface area contributed by atoms with Crippen molar-refractivity contribution in [3.05, 3.63) is 119 Å². The van der Waals surface area contributed by atoms with E-state index in [1.807, 2.05) is 48.8 Å². The maximum atomic E-state index is 4.64. The smallest absolute Gasteiger partial charge is 0.0650 e. The molecule has 140 valence electrons. The molecule has 0 radical (unpaired) electrons. The lowest BCUT2D eigenvalue weighted by atomic mass is 9.91. The molecule has 2 aliphatic rings. The second-order valence-corrected chi connectivity index (χ2v) is 7.26. The van der Waals surface area contributed by atoms with E-state index in [4.69, 9.17) is 0 Å². The SMILES string of the molecule is C1=CC2c3ccc(/N=C/c4ccccc4)cc3NC2C=C1/N=C/c1ccccc1. The number of aliphatic imine (C=N–C) groups is 2. The molecule has 2 atom stereocenters. The van der Waals surface area contributed by atoms with Crippen molar-refractivity contribution in [1.82, 2.24) is 0 Å². The molecule has 3 nitrogen and oxygen atoms in total. The average Bonchev–Trinajstić information content (AvgIpc) is 3.14. The average molecular weight is 375 g/mol. The van der Waals surface area contributed by atoms with Gasteiger partial charge in [-0.05, 0) is 41.0 Å². The normalized spacial score (nSPS) is 19.8. The maximum Gasteiger partial charge on any atom is 0.0650 e. The highest BCUT2D eigenvalue weighted by atomic mass is 15.0. The number of nitrogens with one attached hydrogen (secondary N) is 1. The molecule has 0 bridgehead atoms. The lowest BCUT2D eigenvalue weighted by Crippen LogP contribution is -2.19. The molecule has 3 heteroatoms. The predicted octanol–water partition coefficient (Wildman–Crippen LogP) is 5.89. The molecule has 1 heterocycles. The van der Waals surface area contributed by atoms with Gasteiger partial charge in [0.2, 0.25) is 0 Å². The first-order chi connectivity index (χ1) is 14.3. The summed E-state index contributed by atoms with van der Waals surface area (Å²) < 4.78 is 0. The van der Waals surface area contributed by atoms with Crippen LogP contribution in [0.1, 0.15) is 22.6 Å². The number of allylic oxidation sites excluding steroid dienone is 1. The van der Waals surface area contributed by atoms with Crippen LogP contribution in [-0.4, -0.2) is 18.5 Å². The van der Waals surface area contributed by atoms with Crippen LogP contribution in [0, 0.1) is 0 Å². The van der Waals surface area contributed by atoms with Gasteiger partial charge in [0, 0.05) is 24.0 Å². The number of benzene rings is 3. The van der Waals surface area contributed by atoms with E-state index in [0.717, 1.165) is 28.2 Å². The van der Waals surface area contributed by atoms with Crippen molar-refractivity contribution < 1.29 is 0 Å². The molecule has 3 aromatic rings. The third kappa shape index (κ3) is 3.81. The van der Waals surface area contributed by atoms with E-state index in [1.165, 1.54) is 5.56 Å². The van der Waals surface area contributed by atoms with Gasteiger partial charge >= 0.3 is 0 Å². The highest BCUT2D eigenvalue weighted by Crippen LogP contribution is 2.41. The largest absolute Gasteiger partial charge is 0.378 e. The van der Waals surface area contributed by atoms with Crippen LogP contribution in [0.5, 0.6) is 0 Å². The summed E-state index contributed by atoms with van der Waals surface area (Å²) in [6, 6.07) is 27.0. The number of hydrogen-bond donors (Lipinski definition) is 1. The Bertz CT molecular complexity index is 1130. The van der Waals surface area contributed by atoms with Crippen molar-refractivity contribution >= 4 is 23.8 Å². The molecule has 0 fully saturated rings. The third-order valence-electron chi connectivity index (χ3n) is 5.25. The molecule has 0 spiro atoms. The molecular weight excluding hydrogens is 354 g/mol. The Balaban J connectivity index is 1.33. The highest BCUT2D eigenvalue weighted by Gasteiger charge is 2.31. The lowest BCUT2D eigenvalue weighted by Gasteiger charge is -2.17. The Labute approximate surface area is 170 Å². The summed E-state index contributed by atoms with van der Waals surface area (Å²) in [5.41, 5.74) is 6.60. The summed E-state index contributed by atoms with van der Waals surface area (Å²) in [4.78, 5) is 9.27. The van der Waals surface area contributed by atoms with E-state index in [-0.39, 0.29) is 6.04 Å². The molecule has 1 aliphatic heterocycles. The van der Waals surface area contributed by atoms with E-state index in [0.29, 0.717) is 5.92 Å². The summed E-state index contributed by atoms with van der Waals surface area (Å²) in [6.07, 6.45) is 10.4. The summed E-state index contributed by atoms with van der Waals surface area (Å²) in [5.74, 6) is 0.341. The zero-order valence-corrected chi connectivity index (χ0v) is 15.9. The molecule has 1 aliphatic carbocycles. The van der Waals surface area contributed by atoms with Crippen LogP contribution in [0.3, 0.4) is 0 Å². The Morgan fingerprint density at radius 2 is 1.45 bits per heavy atom. The molecule has 2 unspecified atom stereocenters. The zero-order valence-electron chi connectivity index (χ0n) is 15.9. The van der Waals surface area contributed by atoms with E-state index >= 15 is 0 Å². The van der Waals surface area contributed by atoms with Gasteiger partial charge in [0.15, 0.2) is 0 Å². The van der Waals surface area contributed by atoms with E-state index < -0.39 is 0 Å². The standard InChI is InChI=1S/C26H21N3/c1-3-7-19(8-4-1)17-27-21-11-13-23-24-14-12-22(16-26(24)29-25(23)15-21)28-18-20-9-5-2-6-10-20/h1-18,23,25,29H/b27-17+,28-18+. The van der Waals surface area contributed by atoms with Crippen LogP contribution >= 0.6 is 0 Å². The van der Waals surface area contributed by atoms with E-state index in [9.17, 15) is 0 Å². The minimum atomic E-state index is 0.228. The summed E-state index contributed by atoms with van der Waals surface area (Å²) >= 11 is 0. The molecule has 0 saturated carbocycles. The van der Waals surface area contributed by atoms with Gasteiger partial charge in [-0.15, -0.1) is 0 Å². The minimum Gasteiger partial charge on any atom is -0.378 e. The van der Waals surface area contributed by atoms with Crippen molar-refractivity contribution in [3.8, 4) is 0 Å². The topological polar surface area (TPSA) is 36.8 Å². The number of nitrogens with zero attached hydrogens (tertiary/aromatic N) is 2. The first kappa shape index (κ1) is 17.4. The van der Waals surface area contributed by atoms with E-state index in [2.05, 4.69) is 76.0 Å². The fourth-order valence-electron chi connectivity index (χ4n) is 3.78. The van der Waals surface area contributed by atoms with Gasteiger partial charge in [-0.25, -0.2) is 0 Å². The minimum absolute atomic E-state index is 0.228. The Kier molecular flexibility index (Phi) is 4.63. The quantitative estimate of drug-likeness (QED) is 0.567. The molecule has 5 rings (SSSR count). The fourth-order valence-corrected chi connectivity index (χ4v) is 3.78. The molecule has 0 aromatic heterocycles. The van der Waals surface area contributed by atoms with Gasteiger partial charge in [-0.1, -0.05) is 72.8 Å². The van der Waals surface area contributed by atoms with Gasteiger partial charge in [-0.2, -0.15) is 0 Å². The monoisotopic (exact) mass is 375 g/mol. The van der Waals surface area contributed by atoms with Crippen LogP contribution in [0.25, 0.3) is 0 Å². The number of anilines is 1. The zero-order chi connectivity index (χ0) is 19.5. The van der Waals surface area contributed by atoms with Crippen LogP contribution in [-0.2, 0) is 0 Å². The van der Waals surface area contributed by atoms with Crippen molar-refractivity contribution in [2.75, 3.05) is 5.32 Å². The molecular formula is C26H21N3. The van der Waals surface area contributed by atoms with Gasteiger partial charge in [0.05, 0.1) is 17.4 Å². The fraction of sp³-hybridized carbons (Fsp3) is 0.0769. The lowest BCUT2D eigenvalue weighted by molar-refractivity contribution is 0.795. The van der Waals surface area contributed by atoms with Crippen LogP contribution in [0.2, 0.25) is 0 Å². The maximum absolute atomic E-state index is 4.64. The van der Waals surface area contributed by atoms with Gasteiger partial charge in [0.25, 0.3) is 0 Å². The van der Waals surface area contributed by atoms with Gasteiger partial charge in [0.1, 0.15) is 0 Å². The first-order valence-corrected chi connectivity index (χ1v) is 9.84. The Morgan fingerprint density at radius 3 is 2.17 bits per heavy atom. The van der Waals surface area contributed by atoms with Crippen molar-refractivity contribution in [1.29, 1.82) is 0 Å². The molecule has 3 aromatic carbocycles. The second kappa shape index (κ2) is 7.72. The van der Waals surface area contributed by atoms with Gasteiger partial charge in [-0.3, -0.25) is 9.98 Å². The second-order valence-electron chi connectivity index (χ2n) is 7.26.